The summed E-state index contributed by atoms with van der Waals surface area (Å²) in [6.45, 7) is 0.740. The lowest BCUT2D eigenvalue weighted by Gasteiger charge is -2.30. The van der Waals surface area contributed by atoms with Crippen LogP contribution in [0.25, 0.3) is 0 Å². The number of ether oxygens (including phenoxy) is 1. The maximum absolute atomic E-state index is 12.1. The Bertz CT molecular complexity index is 348. The molecule has 1 aliphatic heterocycles. The van der Waals surface area contributed by atoms with Crippen LogP contribution < -0.4 is 11.1 Å². The quantitative estimate of drug-likeness (QED) is 0.307. The van der Waals surface area contributed by atoms with Gasteiger partial charge in [-0.05, 0) is 31.6 Å². The summed E-state index contributed by atoms with van der Waals surface area (Å²) in [4.78, 5) is 12.1. The number of nitrogens with one attached hydrogen (secondary N) is 1. The van der Waals surface area contributed by atoms with E-state index in [9.17, 15) is 4.79 Å². The van der Waals surface area contributed by atoms with Crippen molar-refractivity contribution in [2.24, 2.45) is 16.8 Å². The van der Waals surface area contributed by atoms with Gasteiger partial charge in [0.25, 0.3) is 0 Å². The van der Waals surface area contributed by atoms with Gasteiger partial charge in [0.15, 0.2) is 5.84 Å². The molecule has 4 N–H and O–H groups in total. The largest absolute Gasteiger partial charge is 0.409 e. The second kappa shape index (κ2) is 7.47. The van der Waals surface area contributed by atoms with Crippen molar-refractivity contribution in [1.29, 1.82) is 0 Å². The minimum Gasteiger partial charge on any atom is -0.409 e. The van der Waals surface area contributed by atoms with E-state index in [2.05, 4.69) is 10.5 Å². The van der Waals surface area contributed by atoms with Gasteiger partial charge in [-0.3, -0.25) is 4.79 Å². The molecule has 2 rings (SSSR count). The molecular formula is C14H25N3O3. The number of carbonyl (C=O) groups is 1. The number of rotatable bonds is 5. The summed E-state index contributed by atoms with van der Waals surface area (Å²) in [6.07, 6.45) is 7.88. The Balaban J connectivity index is 1.90. The van der Waals surface area contributed by atoms with Crippen molar-refractivity contribution in [2.45, 2.75) is 63.5 Å². The van der Waals surface area contributed by atoms with Crippen molar-refractivity contribution in [3.8, 4) is 0 Å². The molecule has 6 nitrogen and oxygen atoms in total. The van der Waals surface area contributed by atoms with Crippen LogP contribution in [0.4, 0.5) is 0 Å². The van der Waals surface area contributed by atoms with Crippen LogP contribution in [0.15, 0.2) is 5.16 Å². The second-order valence-electron chi connectivity index (χ2n) is 5.81. The highest BCUT2D eigenvalue weighted by Gasteiger charge is 2.29. The van der Waals surface area contributed by atoms with Gasteiger partial charge in [0.1, 0.15) is 0 Å². The zero-order valence-electron chi connectivity index (χ0n) is 11.9. The molecule has 0 spiro atoms. The lowest BCUT2D eigenvalue weighted by molar-refractivity contribution is -0.123. The molecule has 2 unspecified atom stereocenters. The first kappa shape index (κ1) is 15.1. The molecule has 2 atom stereocenters. The van der Waals surface area contributed by atoms with E-state index in [1.165, 1.54) is 6.42 Å². The number of amidine groups is 1. The zero-order chi connectivity index (χ0) is 14.4. The van der Waals surface area contributed by atoms with Gasteiger partial charge in [-0.25, -0.2) is 0 Å². The van der Waals surface area contributed by atoms with Crippen LogP contribution in [-0.2, 0) is 9.53 Å². The predicted molar refractivity (Wildman–Crippen MR) is 75.5 cm³/mol. The fourth-order valence-electron chi connectivity index (χ4n) is 3.21. The van der Waals surface area contributed by atoms with Crippen molar-refractivity contribution in [2.75, 3.05) is 6.61 Å². The fraction of sp³-hybridized carbons (Fsp3) is 0.857. The Kier molecular flexibility index (Phi) is 5.64. The van der Waals surface area contributed by atoms with E-state index in [0.717, 1.165) is 45.1 Å². The molecule has 1 saturated heterocycles. The molecule has 0 radical (unpaired) electrons. The molecule has 2 aliphatic rings. The van der Waals surface area contributed by atoms with E-state index in [-0.39, 0.29) is 29.8 Å². The third kappa shape index (κ3) is 4.10. The number of hydrogen-bond acceptors (Lipinski definition) is 4. The summed E-state index contributed by atoms with van der Waals surface area (Å²) >= 11 is 0. The van der Waals surface area contributed by atoms with E-state index >= 15 is 0 Å². The standard InChI is InChI=1S/C14H25N3O3/c15-14(17-19)13(10-5-2-1-3-6-10)16-12(18)9-11-7-4-8-20-11/h10-11,13,19H,1-9H2,(H2,15,17)(H,16,18). The first-order valence-electron chi connectivity index (χ1n) is 7.59. The fourth-order valence-corrected chi connectivity index (χ4v) is 3.21. The topological polar surface area (TPSA) is 96.9 Å². The van der Waals surface area contributed by atoms with Crippen LogP contribution in [0.3, 0.4) is 0 Å². The number of nitrogens with two attached hydrogens (primary N) is 1. The van der Waals surface area contributed by atoms with Crippen LogP contribution >= 0.6 is 0 Å². The van der Waals surface area contributed by atoms with Crippen molar-refractivity contribution in [1.82, 2.24) is 5.32 Å². The van der Waals surface area contributed by atoms with Crippen LogP contribution in [0.2, 0.25) is 0 Å². The van der Waals surface area contributed by atoms with Gasteiger partial charge in [0.05, 0.1) is 18.6 Å². The van der Waals surface area contributed by atoms with E-state index in [0.29, 0.717) is 6.42 Å². The van der Waals surface area contributed by atoms with Crippen LogP contribution in [-0.4, -0.2) is 35.7 Å². The van der Waals surface area contributed by atoms with E-state index in [1.54, 1.807) is 0 Å². The minimum atomic E-state index is -0.353. The van der Waals surface area contributed by atoms with E-state index in [1.807, 2.05) is 0 Å². The lowest BCUT2D eigenvalue weighted by Crippen LogP contribution is -2.50. The van der Waals surface area contributed by atoms with Gasteiger partial charge in [-0.1, -0.05) is 24.4 Å². The Morgan fingerprint density at radius 3 is 2.65 bits per heavy atom. The first-order chi connectivity index (χ1) is 9.70. The van der Waals surface area contributed by atoms with Crippen molar-refractivity contribution in [3.05, 3.63) is 0 Å². The second-order valence-corrected chi connectivity index (χ2v) is 5.81. The highest BCUT2D eigenvalue weighted by Crippen LogP contribution is 2.27. The highest BCUT2D eigenvalue weighted by molar-refractivity contribution is 5.90. The predicted octanol–water partition coefficient (Wildman–Crippen LogP) is 1.37. The third-order valence-corrected chi connectivity index (χ3v) is 4.31. The molecule has 2 fully saturated rings. The minimum absolute atomic E-state index is 0.0225. The Morgan fingerprint density at radius 1 is 1.30 bits per heavy atom. The molecule has 0 aromatic heterocycles. The Morgan fingerprint density at radius 2 is 2.05 bits per heavy atom. The molecule has 20 heavy (non-hydrogen) atoms. The number of oxime groups is 1. The van der Waals surface area contributed by atoms with E-state index in [4.69, 9.17) is 15.7 Å². The van der Waals surface area contributed by atoms with Crippen molar-refractivity contribution >= 4 is 11.7 Å². The molecule has 1 heterocycles. The summed E-state index contributed by atoms with van der Waals surface area (Å²) in [5.41, 5.74) is 5.76. The summed E-state index contributed by atoms with van der Waals surface area (Å²) in [6, 6.07) is -0.353. The first-order valence-corrected chi connectivity index (χ1v) is 7.59. The van der Waals surface area contributed by atoms with Gasteiger partial charge in [-0.2, -0.15) is 0 Å². The summed E-state index contributed by atoms with van der Waals surface area (Å²) < 4.78 is 5.47. The summed E-state index contributed by atoms with van der Waals surface area (Å²) in [5, 5.41) is 14.9. The van der Waals surface area contributed by atoms with Gasteiger partial charge in [0, 0.05) is 6.61 Å². The molecular weight excluding hydrogens is 258 g/mol. The number of hydrogen-bond donors (Lipinski definition) is 3. The van der Waals surface area contributed by atoms with Crippen LogP contribution in [0.5, 0.6) is 0 Å². The molecule has 114 valence electrons. The van der Waals surface area contributed by atoms with Crippen molar-refractivity contribution < 1.29 is 14.7 Å². The van der Waals surface area contributed by atoms with Gasteiger partial charge in [-0.15, -0.1) is 0 Å². The molecule has 1 saturated carbocycles. The zero-order valence-corrected chi connectivity index (χ0v) is 11.9. The van der Waals surface area contributed by atoms with Crippen molar-refractivity contribution in [3.63, 3.8) is 0 Å². The van der Waals surface area contributed by atoms with Gasteiger partial charge >= 0.3 is 0 Å². The number of amides is 1. The van der Waals surface area contributed by atoms with E-state index < -0.39 is 0 Å². The average molecular weight is 283 g/mol. The summed E-state index contributed by atoms with van der Waals surface area (Å²) in [7, 11) is 0. The molecule has 1 amide bonds. The summed E-state index contributed by atoms with van der Waals surface area (Å²) in [5.74, 6) is 0.310. The molecule has 1 aliphatic carbocycles. The smallest absolute Gasteiger partial charge is 0.223 e. The monoisotopic (exact) mass is 283 g/mol. The maximum atomic E-state index is 12.1. The molecule has 0 bridgehead atoms. The van der Waals surface area contributed by atoms with Gasteiger partial charge in [0.2, 0.25) is 5.91 Å². The average Bonchev–Trinajstić information content (AvgIpc) is 2.97. The van der Waals surface area contributed by atoms with Gasteiger partial charge < -0.3 is 21.0 Å². The Hall–Kier alpha value is -1.30. The normalized spacial score (nSPS) is 26.4. The highest BCUT2D eigenvalue weighted by atomic mass is 16.5. The maximum Gasteiger partial charge on any atom is 0.223 e. The Labute approximate surface area is 119 Å². The lowest BCUT2D eigenvalue weighted by atomic mass is 9.83. The SMILES string of the molecule is NC(=NO)C(NC(=O)CC1CCCO1)C1CCCCC1. The molecule has 0 aromatic rings. The van der Waals surface area contributed by atoms with Crippen LogP contribution in [0, 0.1) is 5.92 Å². The molecule has 0 aromatic carbocycles. The number of carbonyl (C=O) groups excluding carboxylic acids is 1. The van der Waals surface area contributed by atoms with Crippen LogP contribution in [0.1, 0.15) is 51.4 Å². The third-order valence-electron chi connectivity index (χ3n) is 4.31. The molecule has 6 heteroatoms. The number of nitrogens with zero attached hydrogens (tertiary/aromatic N) is 1.